The third-order valence-electron chi connectivity index (χ3n) is 4.82. The lowest BCUT2D eigenvalue weighted by Gasteiger charge is -2.37. The molecule has 4 rings (SSSR count). The van der Waals surface area contributed by atoms with Crippen LogP contribution >= 0.6 is 11.6 Å². The lowest BCUT2D eigenvalue weighted by Crippen LogP contribution is -2.53. The van der Waals surface area contributed by atoms with Crippen LogP contribution in [0, 0.1) is 0 Å². The maximum absolute atomic E-state index is 12.6. The van der Waals surface area contributed by atoms with Crippen LogP contribution in [-0.2, 0) is 16.0 Å². The molecule has 0 saturated carbocycles. The number of hydrogen-bond acceptors (Lipinski definition) is 4. The van der Waals surface area contributed by atoms with E-state index in [0.717, 1.165) is 12.0 Å². The van der Waals surface area contributed by atoms with Crippen LogP contribution in [0.25, 0.3) is 11.5 Å². The van der Waals surface area contributed by atoms with E-state index < -0.39 is 0 Å². The molecule has 0 bridgehead atoms. The molecule has 2 aliphatic rings. The molecule has 0 radical (unpaired) electrons. The van der Waals surface area contributed by atoms with Gasteiger partial charge in [-0.25, -0.2) is 4.98 Å². The zero-order valence-electron chi connectivity index (χ0n) is 13.7. The van der Waals surface area contributed by atoms with Gasteiger partial charge in [0.1, 0.15) is 6.26 Å². The molecule has 0 aliphatic carbocycles. The highest BCUT2D eigenvalue weighted by atomic mass is 35.5. The molecule has 2 aromatic rings. The zero-order valence-corrected chi connectivity index (χ0v) is 14.4. The van der Waals surface area contributed by atoms with Gasteiger partial charge in [0.2, 0.25) is 17.7 Å². The molecular weight excluding hydrogens is 342 g/mol. The standard InChI is InChI=1S/C18H18ClN3O3/c19-13-3-1-12(2-4-13)18-20-14(11-25-18)9-17(24)21-7-8-22-15(10-21)5-6-16(22)23/h1-4,11,15H,5-10H2. The smallest absolute Gasteiger partial charge is 0.228 e. The Balaban J connectivity index is 1.40. The number of nitrogens with zero attached hydrogens (tertiary/aromatic N) is 3. The summed E-state index contributed by atoms with van der Waals surface area (Å²) in [4.78, 5) is 32.4. The lowest BCUT2D eigenvalue weighted by molar-refractivity contribution is -0.138. The number of hydrogen-bond donors (Lipinski definition) is 0. The first kappa shape index (κ1) is 16.1. The number of fused-ring (bicyclic) bond motifs is 1. The Morgan fingerprint density at radius 1 is 1.28 bits per heavy atom. The van der Waals surface area contributed by atoms with E-state index in [2.05, 4.69) is 4.98 Å². The van der Waals surface area contributed by atoms with Crippen molar-refractivity contribution in [2.24, 2.45) is 0 Å². The van der Waals surface area contributed by atoms with E-state index >= 15 is 0 Å². The Hall–Kier alpha value is -2.34. The molecule has 6 nitrogen and oxygen atoms in total. The second-order valence-electron chi connectivity index (χ2n) is 6.45. The van der Waals surface area contributed by atoms with E-state index in [0.29, 0.717) is 42.7 Å². The summed E-state index contributed by atoms with van der Waals surface area (Å²) in [7, 11) is 0. The largest absolute Gasteiger partial charge is 0.444 e. The zero-order chi connectivity index (χ0) is 17.4. The van der Waals surface area contributed by atoms with E-state index in [1.165, 1.54) is 6.26 Å². The average molecular weight is 360 g/mol. The van der Waals surface area contributed by atoms with Gasteiger partial charge in [0.15, 0.2) is 0 Å². The van der Waals surface area contributed by atoms with Crippen LogP contribution < -0.4 is 0 Å². The normalized spacial score (nSPS) is 20.0. The number of carbonyl (C=O) groups excluding carboxylic acids is 2. The van der Waals surface area contributed by atoms with Gasteiger partial charge in [-0.05, 0) is 30.7 Å². The summed E-state index contributed by atoms with van der Waals surface area (Å²) in [5, 5.41) is 0.648. The van der Waals surface area contributed by atoms with Crippen molar-refractivity contribution in [1.82, 2.24) is 14.8 Å². The molecule has 2 aliphatic heterocycles. The minimum Gasteiger partial charge on any atom is -0.444 e. The van der Waals surface area contributed by atoms with Crippen molar-refractivity contribution < 1.29 is 14.0 Å². The van der Waals surface area contributed by atoms with Gasteiger partial charge < -0.3 is 14.2 Å². The predicted octanol–water partition coefficient (Wildman–Crippen LogP) is 2.37. The SMILES string of the molecule is O=C(Cc1coc(-c2ccc(Cl)cc2)n1)N1CCN2C(=O)CCC2C1. The van der Waals surface area contributed by atoms with E-state index in [1.54, 1.807) is 12.1 Å². The second kappa shape index (κ2) is 6.52. The van der Waals surface area contributed by atoms with E-state index in [1.807, 2.05) is 21.9 Å². The molecule has 1 aromatic heterocycles. The summed E-state index contributed by atoms with van der Waals surface area (Å²) in [5.41, 5.74) is 1.43. The molecule has 2 amide bonds. The van der Waals surface area contributed by atoms with Crippen LogP contribution in [0.4, 0.5) is 0 Å². The van der Waals surface area contributed by atoms with Gasteiger partial charge in [0.05, 0.1) is 12.1 Å². The van der Waals surface area contributed by atoms with Crippen molar-refractivity contribution in [2.45, 2.75) is 25.3 Å². The first-order valence-electron chi connectivity index (χ1n) is 8.38. The first-order valence-corrected chi connectivity index (χ1v) is 8.75. The van der Waals surface area contributed by atoms with Gasteiger partial charge >= 0.3 is 0 Å². The fraction of sp³-hybridized carbons (Fsp3) is 0.389. The van der Waals surface area contributed by atoms with Crippen LogP contribution in [0.2, 0.25) is 5.02 Å². The maximum atomic E-state index is 12.6. The Morgan fingerprint density at radius 3 is 2.88 bits per heavy atom. The van der Waals surface area contributed by atoms with Gasteiger partial charge in [-0.1, -0.05) is 11.6 Å². The Labute approximate surface area is 150 Å². The Morgan fingerprint density at radius 2 is 2.08 bits per heavy atom. The van der Waals surface area contributed by atoms with Crippen molar-refractivity contribution in [3.8, 4) is 11.5 Å². The third kappa shape index (κ3) is 3.26. The fourth-order valence-electron chi connectivity index (χ4n) is 3.47. The van der Waals surface area contributed by atoms with Crippen molar-refractivity contribution in [2.75, 3.05) is 19.6 Å². The van der Waals surface area contributed by atoms with Crippen molar-refractivity contribution >= 4 is 23.4 Å². The van der Waals surface area contributed by atoms with Gasteiger partial charge in [-0.2, -0.15) is 0 Å². The molecule has 25 heavy (non-hydrogen) atoms. The lowest BCUT2D eigenvalue weighted by atomic mass is 10.1. The summed E-state index contributed by atoms with van der Waals surface area (Å²) in [6.45, 7) is 1.83. The summed E-state index contributed by atoms with van der Waals surface area (Å²) in [5.74, 6) is 0.710. The number of aromatic nitrogens is 1. The molecule has 3 heterocycles. The molecule has 7 heteroatoms. The Bertz CT molecular complexity index is 802. The van der Waals surface area contributed by atoms with Crippen LogP contribution in [-0.4, -0.2) is 52.3 Å². The number of rotatable bonds is 3. The second-order valence-corrected chi connectivity index (χ2v) is 6.88. The van der Waals surface area contributed by atoms with Crippen molar-refractivity contribution in [1.29, 1.82) is 0 Å². The summed E-state index contributed by atoms with van der Waals surface area (Å²) >= 11 is 5.88. The quantitative estimate of drug-likeness (QED) is 0.843. The predicted molar refractivity (Wildman–Crippen MR) is 92.0 cm³/mol. The molecule has 1 unspecified atom stereocenters. The summed E-state index contributed by atoms with van der Waals surface area (Å²) in [6, 6.07) is 7.38. The Kier molecular flexibility index (Phi) is 4.21. The molecule has 0 N–H and O–H groups in total. The number of halogens is 1. The highest BCUT2D eigenvalue weighted by molar-refractivity contribution is 6.30. The van der Waals surface area contributed by atoms with Gasteiger partial charge in [0.25, 0.3) is 0 Å². The molecular formula is C18H18ClN3O3. The average Bonchev–Trinajstić information content (AvgIpc) is 3.22. The highest BCUT2D eigenvalue weighted by Crippen LogP contribution is 2.24. The van der Waals surface area contributed by atoms with Gasteiger partial charge in [-0.15, -0.1) is 0 Å². The number of piperazine rings is 1. The summed E-state index contributed by atoms with van der Waals surface area (Å²) < 4.78 is 5.48. The van der Waals surface area contributed by atoms with Gasteiger partial charge in [-0.3, -0.25) is 9.59 Å². The molecule has 1 atom stereocenters. The first-order chi connectivity index (χ1) is 12.1. The number of carbonyl (C=O) groups is 2. The van der Waals surface area contributed by atoms with Crippen molar-refractivity contribution in [3.05, 3.63) is 41.2 Å². The minimum atomic E-state index is 0.0231. The molecule has 2 saturated heterocycles. The van der Waals surface area contributed by atoms with E-state index in [-0.39, 0.29) is 24.3 Å². The molecule has 0 spiro atoms. The topological polar surface area (TPSA) is 66.7 Å². The van der Waals surface area contributed by atoms with Crippen molar-refractivity contribution in [3.63, 3.8) is 0 Å². The van der Waals surface area contributed by atoms with Crippen LogP contribution in [0.15, 0.2) is 34.9 Å². The van der Waals surface area contributed by atoms with Gasteiger partial charge in [0, 0.05) is 42.7 Å². The third-order valence-corrected chi connectivity index (χ3v) is 5.07. The van der Waals surface area contributed by atoms with Crippen LogP contribution in [0.3, 0.4) is 0 Å². The number of benzene rings is 1. The van der Waals surface area contributed by atoms with Crippen LogP contribution in [0.1, 0.15) is 18.5 Å². The highest BCUT2D eigenvalue weighted by Gasteiger charge is 2.36. The molecule has 1 aromatic carbocycles. The summed E-state index contributed by atoms with van der Waals surface area (Å²) in [6.07, 6.45) is 3.17. The monoisotopic (exact) mass is 359 g/mol. The molecule has 130 valence electrons. The van der Waals surface area contributed by atoms with E-state index in [4.69, 9.17) is 16.0 Å². The number of oxazole rings is 1. The number of amides is 2. The maximum Gasteiger partial charge on any atom is 0.228 e. The van der Waals surface area contributed by atoms with E-state index in [9.17, 15) is 9.59 Å². The molecule has 2 fully saturated rings. The fourth-order valence-corrected chi connectivity index (χ4v) is 3.60. The van der Waals surface area contributed by atoms with Crippen LogP contribution in [0.5, 0.6) is 0 Å². The minimum absolute atomic E-state index is 0.0231.